The minimum atomic E-state index is -0.327. The van der Waals surface area contributed by atoms with Crippen LogP contribution in [-0.2, 0) is 9.53 Å². The average molecular weight is 333 g/mol. The molecule has 3 nitrogen and oxygen atoms in total. The highest BCUT2D eigenvalue weighted by atomic mass is 16.5. The Morgan fingerprint density at radius 2 is 1.60 bits per heavy atom. The highest BCUT2D eigenvalue weighted by molar-refractivity contribution is 5.83. The van der Waals surface area contributed by atoms with Crippen molar-refractivity contribution in [1.29, 1.82) is 0 Å². The second-order valence-electron chi connectivity index (χ2n) is 6.21. The number of esters is 1. The average Bonchev–Trinajstić information content (AvgIpc) is 2.64. The predicted molar refractivity (Wildman–Crippen MR) is 102 cm³/mol. The van der Waals surface area contributed by atoms with E-state index in [-0.39, 0.29) is 18.0 Å². The second kappa shape index (κ2) is 7.95. The summed E-state index contributed by atoms with van der Waals surface area (Å²) < 4.78 is 5.74. The molecule has 25 heavy (non-hydrogen) atoms. The molecule has 3 aromatic carbocycles. The molecular formula is C22H23NO2. The SMILES string of the molecule is CNCC(c1ccc2ccccc2c1)C(OC(C)=O)c1ccccc1. The zero-order valence-electron chi connectivity index (χ0n) is 14.6. The van der Waals surface area contributed by atoms with Crippen LogP contribution in [-0.4, -0.2) is 19.6 Å². The monoisotopic (exact) mass is 333 g/mol. The molecule has 0 saturated heterocycles. The number of hydrogen-bond donors (Lipinski definition) is 1. The van der Waals surface area contributed by atoms with Crippen LogP contribution in [0.15, 0.2) is 72.8 Å². The van der Waals surface area contributed by atoms with Crippen LogP contribution in [0.1, 0.15) is 30.1 Å². The molecule has 128 valence electrons. The summed E-state index contributed by atoms with van der Waals surface area (Å²) in [6, 6.07) is 24.7. The van der Waals surface area contributed by atoms with Crippen LogP contribution in [0.25, 0.3) is 10.8 Å². The number of carbonyl (C=O) groups excluding carboxylic acids is 1. The Labute approximate surface area is 148 Å². The molecule has 0 aliphatic rings. The number of rotatable bonds is 6. The summed E-state index contributed by atoms with van der Waals surface area (Å²) in [7, 11) is 1.92. The lowest BCUT2D eigenvalue weighted by atomic mass is 9.87. The first-order chi connectivity index (χ1) is 12.2. The van der Waals surface area contributed by atoms with Gasteiger partial charge in [0.15, 0.2) is 0 Å². The van der Waals surface area contributed by atoms with Gasteiger partial charge in [0, 0.05) is 19.4 Å². The molecule has 0 radical (unpaired) electrons. The third-order valence-electron chi connectivity index (χ3n) is 4.41. The highest BCUT2D eigenvalue weighted by Crippen LogP contribution is 2.35. The molecule has 0 aliphatic heterocycles. The minimum Gasteiger partial charge on any atom is -0.457 e. The molecule has 0 heterocycles. The van der Waals surface area contributed by atoms with Crippen LogP contribution in [0, 0.1) is 0 Å². The molecule has 0 amide bonds. The van der Waals surface area contributed by atoms with Gasteiger partial charge in [-0.15, -0.1) is 0 Å². The summed E-state index contributed by atoms with van der Waals surface area (Å²) in [4.78, 5) is 11.7. The standard InChI is InChI=1S/C22H23NO2/c1-16(24)25-22(18-9-4-3-5-10-18)21(15-23-2)20-13-12-17-8-6-7-11-19(17)14-20/h3-14,21-23H,15H2,1-2H3. The van der Waals surface area contributed by atoms with Crippen molar-refractivity contribution < 1.29 is 9.53 Å². The van der Waals surface area contributed by atoms with E-state index in [0.717, 1.165) is 11.1 Å². The molecule has 0 spiro atoms. The lowest BCUT2D eigenvalue weighted by Gasteiger charge is -2.28. The fourth-order valence-electron chi connectivity index (χ4n) is 3.26. The van der Waals surface area contributed by atoms with Crippen molar-refractivity contribution in [2.75, 3.05) is 13.6 Å². The summed E-state index contributed by atoms with van der Waals surface area (Å²) in [5.41, 5.74) is 2.16. The number of fused-ring (bicyclic) bond motifs is 1. The van der Waals surface area contributed by atoms with Crippen LogP contribution in [0.4, 0.5) is 0 Å². The minimum absolute atomic E-state index is 0.0286. The van der Waals surface area contributed by atoms with Crippen molar-refractivity contribution in [2.45, 2.75) is 18.9 Å². The Morgan fingerprint density at radius 1 is 0.920 bits per heavy atom. The maximum Gasteiger partial charge on any atom is 0.303 e. The first-order valence-electron chi connectivity index (χ1n) is 8.54. The van der Waals surface area contributed by atoms with Crippen molar-refractivity contribution in [3.63, 3.8) is 0 Å². The number of carbonyl (C=O) groups is 1. The van der Waals surface area contributed by atoms with Gasteiger partial charge in [-0.25, -0.2) is 0 Å². The van der Waals surface area contributed by atoms with Gasteiger partial charge in [0.2, 0.25) is 0 Å². The van der Waals surface area contributed by atoms with Gasteiger partial charge in [-0.2, -0.15) is 0 Å². The maximum atomic E-state index is 11.7. The molecule has 3 aromatic rings. The molecule has 2 atom stereocenters. The van der Waals surface area contributed by atoms with Crippen molar-refractivity contribution in [2.24, 2.45) is 0 Å². The van der Waals surface area contributed by atoms with Crippen molar-refractivity contribution in [3.05, 3.63) is 83.9 Å². The van der Waals surface area contributed by atoms with Gasteiger partial charge in [0.25, 0.3) is 0 Å². The van der Waals surface area contributed by atoms with Gasteiger partial charge in [0.1, 0.15) is 6.10 Å². The van der Waals surface area contributed by atoms with E-state index in [1.165, 1.54) is 17.7 Å². The zero-order chi connectivity index (χ0) is 17.6. The van der Waals surface area contributed by atoms with Gasteiger partial charge < -0.3 is 10.1 Å². The van der Waals surface area contributed by atoms with Gasteiger partial charge in [-0.1, -0.05) is 72.8 Å². The van der Waals surface area contributed by atoms with E-state index in [1.54, 1.807) is 0 Å². The number of benzene rings is 3. The smallest absolute Gasteiger partial charge is 0.303 e. The second-order valence-corrected chi connectivity index (χ2v) is 6.21. The predicted octanol–water partition coefficient (Wildman–Crippen LogP) is 4.45. The number of likely N-dealkylation sites (N-methyl/N-ethyl adjacent to an activating group) is 1. The van der Waals surface area contributed by atoms with Gasteiger partial charge in [-0.3, -0.25) is 4.79 Å². The Kier molecular flexibility index (Phi) is 5.46. The Balaban J connectivity index is 2.05. The summed E-state index contributed by atoms with van der Waals surface area (Å²) in [6.07, 6.45) is -0.327. The quantitative estimate of drug-likeness (QED) is 0.677. The third-order valence-corrected chi connectivity index (χ3v) is 4.41. The third kappa shape index (κ3) is 4.06. The zero-order valence-corrected chi connectivity index (χ0v) is 14.6. The molecule has 1 N–H and O–H groups in total. The van der Waals surface area contributed by atoms with Crippen LogP contribution in [0.3, 0.4) is 0 Å². The van der Waals surface area contributed by atoms with E-state index in [9.17, 15) is 4.79 Å². The largest absolute Gasteiger partial charge is 0.457 e. The van der Waals surface area contributed by atoms with Gasteiger partial charge >= 0.3 is 5.97 Å². The number of nitrogens with one attached hydrogen (secondary N) is 1. The highest BCUT2D eigenvalue weighted by Gasteiger charge is 2.27. The number of ether oxygens (including phenoxy) is 1. The van der Waals surface area contributed by atoms with Crippen LogP contribution in [0.2, 0.25) is 0 Å². The Bertz CT molecular complexity index is 845. The number of hydrogen-bond acceptors (Lipinski definition) is 3. The molecule has 0 aromatic heterocycles. The Hall–Kier alpha value is -2.65. The van der Waals surface area contributed by atoms with Crippen molar-refractivity contribution in [1.82, 2.24) is 5.32 Å². The summed E-state index contributed by atoms with van der Waals surface area (Å²) in [6.45, 7) is 2.18. The van der Waals surface area contributed by atoms with Gasteiger partial charge in [0.05, 0.1) is 0 Å². The normalized spacial score (nSPS) is 13.4. The molecule has 0 fully saturated rings. The first kappa shape index (κ1) is 17.2. The molecule has 2 unspecified atom stereocenters. The molecule has 3 heteroatoms. The lowest BCUT2D eigenvalue weighted by Crippen LogP contribution is -2.26. The van der Waals surface area contributed by atoms with Crippen molar-refractivity contribution >= 4 is 16.7 Å². The summed E-state index contributed by atoms with van der Waals surface area (Å²) in [5.74, 6) is -0.239. The fourth-order valence-corrected chi connectivity index (χ4v) is 3.26. The van der Waals surface area contributed by atoms with E-state index in [0.29, 0.717) is 6.54 Å². The van der Waals surface area contributed by atoms with E-state index in [4.69, 9.17) is 4.74 Å². The van der Waals surface area contributed by atoms with E-state index >= 15 is 0 Å². The van der Waals surface area contributed by atoms with Crippen LogP contribution >= 0.6 is 0 Å². The fraction of sp³-hybridized carbons (Fsp3) is 0.227. The van der Waals surface area contributed by atoms with Gasteiger partial charge in [-0.05, 0) is 28.9 Å². The topological polar surface area (TPSA) is 38.3 Å². The molecule has 0 aliphatic carbocycles. The molecule has 0 bridgehead atoms. The molecular weight excluding hydrogens is 310 g/mol. The lowest BCUT2D eigenvalue weighted by molar-refractivity contribution is -0.148. The molecule has 0 saturated carbocycles. The van der Waals surface area contributed by atoms with Crippen LogP contribution < -0.4 is 5.32 Å². The van der Waals surface area contributed by atoms with Crippen molar-refractivity contribution in [3.8, 4) is 0 Å². The molecule has 3 rings (SSSR count). The summed E-state index contributed by atoms with van der Waals surface area (Å²) in [5, 5.41) is 5.64. The van der Waals surface area contributed by atoms with E-state index in [2.05, 4.69) is 35.6 Å². The van der Waals surface area contributed by atoms with E-state index in [1.807, 2.05) is 49.5 Å². The van der Waals surface area contributed by atoms with Crippen LogP contribution in [0.5, 0.6) is 0 Å². The summed E-state index contributed by atoms with van der Waals surface area (Å²) >= 11 is 0. The maximum absolute atomic E-state index is 11.7. The Morgan fingerprint density at radius 3 is 2.28 bits per heavy atom. The first-order valence-corrected chi connectivity index (χ1v) is 8.54. The van der Waals surface area contributed by atoms with E-state index < -0.39 is 0 Å².